The fourth-order valence-electron chi connectivity index (χ4n) is 8.21. The lowest BCUT2D eigenvalue weighted by molar-refractivity contribution is 0.467. The molecule has 53 heavy (non-hydrogen) atoms. The van der Waals surface area contributed by atoms with Gasteiger partial charge >= 0.3 is 0 Å². The average molecular weight is 699 g/mol. The molecule has 0 fully saturated rings. The van der Waals surface area contributed by atoms with Crippen LogP contribution in [0.5, 0.6) is 23.0 Å². The van der Waals surface area contributed by atoms with Gasteiger partial charge in [0.05, 0.1) is 5.30 Å². The molecule has 2 aliphatic heterocycles. The smallest absolute Gasteiger partial charge is 0.143 e. The van der Waals surface area contributed by atoms with Crippen LogP contribution in [0.4, 0.5) is 0 Å². The Morgan fingerprint density at radius 3 is 1.36 bits per heavy atom. The van der Waals surface area contributed by atoms with Gasteiger partial charge in [-0.2, -0.15) is 0 Å². The fraction of sp³-hybridized carbons (Fsp3) is 0. The van der Waals surface area contributed by atoms with E-state index in [1.54, 1.807) is 0 Å². The maximum Gasteiger partial charge on any atom is 0.143 e. The highest BCUT2D eigenvalue weighted by atomic mass is 31.1. The third-order valence-electron chi connectivity index (χ3n) is 10.6. The monoisotopic (exact) mass is 698 g/mol. The van der Waals surface area contributed by atoms with Crippen LogP contribution in [0, 0.1) is 0 Å². The number of para-hydroxylation sites is 4. The summed E-state index contributed by atoms with van der Waals surface area (Å²) in [6.07, 6.45) is 0. The van der Waals surface area contributed by atoms with E-state index < -0.39 is 7.92 Å². The Hall–Kier alpha value is -6.61. The number of hydrogen-bond acceptors (Lipinski definition) is 4. The average Bonchev–Trinajstić information content (AvgIpc) is 3.79. The Morgan fingerprint density at radius 2 is 0.811 bits per heavy atom. The Labute approximate surface area is 305 Å². The summed E-state index contributed by atoms with van der Waals surface area (Å²) in [4.78, 5) is 0. The molecule has 0 saturated heterocycles. The highest BCUT2D eigenvalue weighted by Crippen LogP contribution is 2.55. The maximum absolute atomic E-state index is 6.90. The summed E-state index contributed by atoms with van der Waals surface area (Å²) >= 11 is 0. The minimum absolute atomic E-state index is 0.834. The van der Waals surface area contributed by atoms with E-state index in [0.717, 1.165) is 106 Å². The number of rotatable bonds is 3. The van der Waals surface area contributed by atoms with Crippen LogP contribution in [-0.2, 0) is 0 Å². The van der Waals surface area contributed by atoms with Crippen LogP contribution < -0.4 is 25.4 Å². The molecule has 0 radical (unpaired) electrons. The van der Waals surface area contributed by atoms with Crippen molar-refractivity contribution in [1.82, 2.24) is 0 Å². The van der Waals surface area contributed by atoms with Gasteiger partial charge in [-0.3, -0.25) is 0 Å². The quantitative estimate of drug-likeness (QED) is 0.172. The molecule has 0 atom stereocenters. The summed E-state index contributed by atoms with van der Waals surface area (Å²) in [6.45, 7) is 0. The Morgan fingerprint density at radius 1 is 0.340 bits per heavy atom. The minimum atomic E-state index is -0.994. The van der Waals surface area contributed by atoms with Crippen molar-refractivity contribution in [3.63, 3.8) is 0 Å². The molecule has 10 aromatic rings. The molecule has 0 spiro atoms. The summed E-state index contributed by atoms with van der Waals surface area (Å²) < 4.78 is 26.7. The van der Waals surface area contributed by atoms with Crippen molar-refractivity contribution < 1.29 is 18.3 Å². The molecule has 0 unspecified atom stereocenters. The molecule has 4 heterocycles. The Bertz CT molecular complexity index is 2950. The zero-order valence-corrected chi connectivity index (χ0v) is 29.1. The molecule has 8 aromatic carbocycles. The van der Waals surface area contributed by atoms with Gasteiger partial charge in [-0.25, -0.2) is 0 Å². The van der Waals surface area contributed by atoms with E-state index in [2.05, 4.69) is 133 Å². The number of hydrogen-bond donors (Lipinski definition) is 0. The lowest BCUT2D eigenvalue weighted by Gasteiger charge is -2.35. The van der Waals surface area contributed by atoms with E-state index in [0.29, 0.717) is 0 Å². The lowest BCUT2D eigenvalue weighted by Crippen LogP contribution is -2.32. The predicted molar refractivity (Wildman–Crippen MR) is 216 cm³/mol. The van der Waals surface area contributed by atoms with E-state index in [1.165, 1.54) is 10.6 Å². The minimum Gasteiger partial charge on any atom is -0.456 e. The normalized spacial score (nSPS) is 13.1. The van der Waals surface area contributed by atoms with Crippen LogP contribution in [0.25, 0.3) is 77.3 Å². The van der Waals surface area contributed by atoms with Crippen LogP contribution in [0.1, 0.15) is 0 Å². The number of furan rings is 2. The van der Waals surface area contributed by atoms with Crippen molar-refractivity contribution in [3.05, 3.63) is 164 Å². The van der Waals surface area contributed by atoms with E-state index in [4.69, 9.17) is 18.3 Å². The molecule has 2 aliphatic rings. The van der Waals surface area contributed by atoms with Gasteiger partial charge in [-0.05, 0) is 70.8 Å². The van der Waals surface area contributed by atoms with Gasteiger partial charge in [0.2, 0.25) is 0 Å². The van der Waals surface area contributed by atoms with E-state index >= 15 is 0 Å². The van der Waals surface area contributed by atoms with Crippen molar-refractivity contribution >= 4 is 67.7 Å². The predicted octanol–water partition coefficient (Wildman–Crippen LogP) is 12.5. The molecule has 0 N–H and O–H groups in total. The molecule has 12 rings (SSSR count). The first-order valence-electron chi connectivity index (χ1n) is 17.7. The molecule has 0 aliphatic carbocycles. The van der Waals surface area contributed by atoms with Crippen molar-refractivity contribution in [2.24, 2.45) is 0 Å². The van der Waals surface area contributed by atoms with Crippen molar-refractivity contribution in [1.29, 1.82) is 0 Å². The highest BCUT2D eigenvalue weighted by Gasteiger charge is 2.38. The Balaban J connectivity index is 1.04. The number of ether oxygens (including phenoxy) is 2. The summed E-state index contributed by atoms with van der Waals surface area (Å²) in [5.41, 5.74) is 9.87. The van der Waals surface area contributed by atoms with Crippen LogP contribution in [0.2, 0.25) is 0 Å². The summed E-state index contributed by atoms with van der Waals surface area (Å²) in [5.74, 6) is 3.38. The summed E-state index contributed by atoms with van der Waals surface area (Å²) in [7, 11) is -0.994. The van der Waals surface area contributed by atoms with Crippen molar-refractivity contribution in [2.45, 2.75) is 0 Å². The second-order valence-electron chi connectivity index (χ2n) is 13.7. The first kappa shape index (κ1) is 29.0. The third-order valence-corrected chi connectivity index (χ3v) is 13.2. The van der Waals surface area contributed by atoms with Gasteiger partial charge in [-0.1, -0.05) is 115 Å². The molecule has 0 bridgehead atoms. The lowest BCUT2D eigenvalue weighted by atomic mass is 10.0. The van der Waals surface area contributed by atoms with Gasteiger partial charge in [0, 0.05) is 51.2 Å². The zero-order valence-electron chi connectivity index (χ0n) is 28.2. The molecule has 2 aromatic heterocycles. The SMILES string of the molecule is c1ccc(-c2cc3c4c(c2)Oc2cc(-c5cccc6c5oc5ccccc56)ccc2P4c2ccc(-c4cccc5c4oc4ccccc45)cc2O3)cc1. The second-order valence-corrected chi connectivity index (χ2v) is 15.7. The van der Waals surface area contributed by atoms with Crippen molar-refractivity contribution in [2.75, 3.05) is 0 Å². The fourth-order valence-corrected chi connectivity index (χ4v) is 10.7. The number of benzene rings is 8. The van der Waals surface area contributed by atoms with Crippen LogP contribution in [-0.4, -0.2) is 0 Å². The van der Waals surface area contributed by atoms with E-state index in [1.807, 2.05) is 30.3 Å². The standard InChI is InChI=1S/C48H27O4P/c1-2-10-28(11-3-1)31-26-42-48-43(27-31)50-41-25-30(33-15-9-17-37-35-13-5-7-19-39(35)52-47(33)37)21-23-45(41)53(48)44-22-20-29(24-40(44)49-42)32-14-8-16-36-34-12-4-6-18-38(34)51-46(32)36/h1-27H. The molecule has 5 heteroatoms. The maximum atomic E-state index is 6.90. The highest BCUT2D eigenvalue weighted by molar-refractivity contribution is 7.80. The molecule has 0 amide bonds. The van der Waals surface area contributed by atoms with Gasteiger partial charge < -0.3 is 18.3 Å². The summed E-state index contributed by atoms with van der Waals surface area (Å²) in [5, 5.41) is 7.89. The Kier molecular flexibility index (Phi) is 5.99. The van der Waals surface area contributed by atoms with Gasteiger partial charge in [0.1, 0.15) is 45.3 Å². The topological polar surface area (TPSA) is 44.7 Å². The largest absolute Gasteiger partial charge is 0.456 e. The molecule has 4 nitrogen and oxygen atoms in total. The third kappa shape index (κ3) is 4.27. The second kappa shape index (κ2) is 10.9. The van der Waals surface area contributed by atoms with Gasteiger partial charge in [0.15, 0.2) is 0 Å². The zero-order chi connectivity index (χ0) is 34.6. The molecule has 248 valence electrons. The van der Waals surface area contributed by atoms with Crippen LogP contribution in [0.3, 0.4) is 0 Å². The summed E-state index contributed by atoms with van der Waals surface area (Å²) in [6, 6.07) is 57.2. The molecular formula is C48H27O4P. The first-order chi connectivity index (χ1) is 26.2. The van der Waals surface area contributed by atoms with Gasteiger partial charge in [0.25, 0.3) is 0 Å². The van der Waals surface area contributed by atoms with E-state index in [9.17, 15) is 0 Å². The molecule has 0 saturated carbocycles. The van der Waals surface area contributed by atoms with Gasteiger partial charge in [-0.15, -0.1) is 0 Å². The van der Waals surface area contributed by atoms with Crippen molar-refractivity contribution in [3.8, 4) is 56.4 Å². The number of fused-ring (bicyclic) bond motifs is 10. The van der Waals surface area contributed by atoms with Crippen LogP contribution in [0.15, 0.2) is 173 Å². The molecular weight excluding hydrogens is 671 g/mol. The van der Waals surface area contributed by atoms with Crippen LogP contribution >= 0.6 is 7.92 Å². The van der Waals surface area contributed by atoms with E-state index in [-0.39, 0.29) is 0 Å². The first-order valence-corrected chi connectivity index (χ1v) is 19.1.